The Balaban J connectivity index is 1.43. The van der Waals surface area contributed by atoms with Crippen LogP contribution < -0.4 is 5.32 Å². The van der Waals surface area contributed by atoms with Gasteiger partial charge < -0.3 is 10.3 Å². The largest absolute Gasteiger partial charge is 0.350 e. The summed E-state index contributed by atoms with van der Waals surface area (Å²) in [4.78, 5) is 16.2. The number of benzene rings is 1. The molecule has 0 radical (unpaired) electrons. The lowest BCUT2D eigenvalue weighted by Gasteiger charge is -2.06. The third-order valence-electron chi connectivity index (χ3n) is 4.05. The summed E-state index contributed by atoms with van der Waals surface area (Å²) >= 11 is 11.9. The summed E-state index contributed by atoms with van der Waals surface area (Å²) in [7, 11) is 0. The van der Waals surface area contributed by atoms with E-state index in [1.165, 1.54) is 0 Å². The fraction of sp³-hybridized carbons (Fsp3) is 0.105. The van der Waals surface area contributed by atoms with Gasteiger partial charge in [0, 0.05) is 48.2 Å². The van der Waals surface area contributed by atoms with Gasteiger partial charge >= 0.3 is 0 Å². The lowest BCUT2D eigenvalue weighted by molar-refractivity contribution is 1.02. The van der Waals surface area contributed by atoms with E-state index >= 15 is 0 Å². The van der Waals surface area contributed by atoms with E-state index < -0.39 is 0 Å². The summed E-state index contributed by atoms with van der Waals surface area (Å²) in [6, 6.07) is 9.59. The molecule has 130 valence electrons. The number of pyridine rings is 1. The fourth-order valence-corrected chi connectivity index (χ4v) is 3.00. The molecule has 0 atom stereocenters. The number of aromatic amines is 1. The van der Waals surface area contributed by atoms with E-state index in [4.69, 9.17) is 23.2 Å². The highest BCUT2D eigenvalue weighted by molar-refractivity contribution is 6.31. The Morgan fingerprint density at radius 3 is 2.42 bits per heavy atom. The summed E-state index contributed by atoms with van der Waals surface area (Å²) in [6.45, 7) is 0.642. The minimum atomic E-state index is 0.590. The molecule has 7 heteroatoms. The molecular weight excluding hydrogens is 369 g/mol. The summed E-state index contributed by atoms with van der Waals surface area (Å²) in [6.07, 6.45) is 7.94. The van der Waals surface area contributed by atoms with E-state index in [2.05, 4.69) is 25.3 Å². The van der Waals surface area contributed by atoms with Crippen LogP contribution in [0.4, 0.5) is 5.95 Å². The second kappa shape index (κ2) is 7.32. The van der Waals surface area contributed by atoms with Gasteiger partial charge in [0.25, 0.3) is 0 Å². The van der Waals surface area contributed by atoms with Gasteiger partial charge in [0.05, 0.1) is 5.02 Å². The molecule has 0 unspecified atom stereocenters. The summed E-state index contributed by atoms with van der Waals surface area (Å²) < 4.78 is 0. The van der Waals surface area contributed by atoms with Crippen LogP contribution in [0.25, 0.3) is 11.0 Å². The first-order valence-electron chi connectivity index (χ1n) is 8.08. The Hall–Kier alpha value is -2.63. The number of fused-ring (bicyclic) bond motifs is 1. The zero-order valence-corrected chi connectivity index (χ0v) is 15.2. The maximum absolute atomic E-state index is 6.05. The Morgan fingerprint density at radius 1 is 0.885 bits per heavy atom. The van der Waals surface area contributed by atoms with Gasteiger partial charge in [-0.05, 0) is 34.9 Å². The minimum absolute atomic E-state index is 0.590. The molecule has 0 aliphatic carbocycles. The third kappa shape index (κ3) is 3.79. The van der Waals surface area contributed by atoms with Gasteiger partial charge in [-0.2, -0.15) is 0 Å². The van der Waals surface area contributed by atoms with Crippen molar-refractivity contribution < 1.29 is 0 Å². The maximum Gasteiger partial charge on any atom is 0.222 e. The average molecular weight is 384 g/mol. The van der Waals surface area contributed by atoms with Gasteiger partial charge in [-0.25, -0.2) is 15.0 Å². The molecule has 0 bridgehead atoms. The molecule has 4 rings (SSSR count). The number of nitrogens with zero attached hydrogens (tertiary/aromatic N) is 3. The highest BCUT2D eigenvalue weighted by Crippen LogP contribution is 2.22. The number of H-pyrrole nitrogens is 1. The number of hydrogen-bond donors (Lipinski definition) is 2. The van der Waals surface area contributed by atoms with E-state index in [0.29, 0.717) is 23.9 Å². The number of aromatic nitrogens is 4. The zero-order chi connectivity index (χ0) is 17.9. The lowest BCUT2D eigenvalue weighted by Crippen LogP contribution is -2.04. The molecule has 3 heterocycles. The molecule has 3 aromatic heterocycles. The SMILES string of the molecule is Clc1ccc(CNc2ncc(Cc3c[nH]c4ncc(Cl)cc34)cn2)cc1. The normalized spacial score (nSPS) is 11.0. The first-order valence-corrected chi connectivity index (χ1v) is 8.84. The molecule has 26 heavy (non-hydrogen) atoms. The molecule has 0 saturated carbocycles. The monoisotopic (exact) mass is 383 g/mol. The van der Waals surface area contributed by atoms with Crippen molar-refractivity contribution in [1.29, 1.82) is 0 Å². The van der Waals surface area contributed by atoms with Crippen LogP contribution in [-0.4, -0.2) is 19.9 Å². The molecule has 0 aliphatic heterocycles. The third-order valence-corrected chi connectivity index (χ3v) is 4.51. The topological polar surface area (TPSA) is 66.5 Å². The maximum atomic E-state index is 6.05. The van der Waals surface area contributed by atoms with Crippen molar-refractivity contribution in [1.82, 2.24) is 19.9 Å². The lowest BCUT2D eigenvalue weighted by atomic mass is 10.1. The van der Waals surface area contributed by atoms with Crippen molar-refractivity contribution in [2.45, 2.75) is 13.0 Å². The van der Waals surface area contributed by atoms with E-state index in [1.807, 2.05) is 48.9 Å². The number of halogens is 2. The van der Waals surface area contributed by atoms with Crippen LogP contribution in [0.1, 0.15) is 16.7 Å². The molecule has 0 amide bonds. The van der Waals surface area contributed by atoms with Crippen LogP contribution in [0.2, 0.25) is 10.0 Å². The molecular formula is C19H15Cl2N5. The van der Waals surface area contributed by atoms with Crippen LogP contribution in [0.5, 0.6) is 0 Å². The first-order chi connectivity index (χ1) is 12.7. The van der Waals surface area contributed by atoms with Crippen LogP contribution in [-0.2, 0) is 13.0 Å². The molecule has 5 nitrogen and oxygen atoms in total. The number of nitrogens with one attached hydrogen (secondary N) is 2. The fourth-order valence-electron chi connectivity index (χ4n) is 2.72. The van der Waals surface area contributed by atoms with Crippen LogP contribution in [0, 0.1) is 0 Å². The second-order valence-corrected chi connectivity index (χ2v) is 6.81. The molecule has 0 saturated heterocycles. The van der Waals surface area contributed by atoms with Crippen molar-refractivity contribution >= 4 is 40.2 Å². The van der Waals surface area contributed by atoms with Gasteiger partial charge in [0.1, 0.15) is 5.65 Å². The van der Waals surface area contributed by atoms with Gasteiger partial charge in [-0.1, -0.05) is 35.3 Å². The van der Waals surface area contributed by atoms with E-state index in [-0.39, 0.29) is 0 Å². The molecule has 0 aliphatic rings. The highest BCUT2D eigenvalue weighted by atomic mass is 35.5. The Kier molecular flexibility index (Phi) is 4.73. The smallest absolute Gasteiger partial charge is 0.222 e. The van der Waals surface area contributed by atoms with Crippen molar-refractivity contribution in [3.8, 4) is 0 Å². The van der Waals surface area contributed by atoms with Crippen LogP contribution in [0.3, 0.4) is 0 Å². The van der Waals surface area contributed by atoms with Gasteiger partial charge in [-0.3, -0.25) is 0 Å². The van der Waals surface area contributed by atoms with Gasteiger partial charge in [0.15, 0.2) is 0 Å². The summed E-state index contributed by atoms with van der Waals surface area (Å²) in [5, 5.41) is 5.57. The van der Waals surface area contributed by atoms with Crippen molar-refractivity contribution in [2.24, 2.45) is 0 Å². The van der Waals surface area contributed by atoms with E-state index in [9.17, 15) is 0 Å². The molecule has 4 aromatic rings. The second-order valence-electron chi connectivity index (χ2n) is 5.94. The number of hydrogen-bond acceptors (Lipinski definition) is 4. The van der Waals surface area contributed by atoms with Crippen molar-refractivity contribution in [3.63, 3.8) is 0 Å². The number of rotatable bonds is 5. The van der Waals surface area contributed by atoms with Crippen molar-refractivity contribution in [2.75, 3.05) is 5.32 Å². The summed E-state index contributed by atoms with van der Waals surface area (Å²) in [5.74, 6) is 0.590. The summed E-state index contributed by atoms with van der Waals surface area (Å²) in [5.41, 5.74) is 4.07. The molecule has 0 fully saturated rings. The Morgan fingerprint density at radius 2 is 1.65 bits per heavy atom. The van der Waals surface area contributed by atoms with Crippen molar-refractivity contribution in [3.05, 3.63) is 81.9 Å². The number of anilines is 1. The predicted octanol–water partition coefficient (Wildman–Crippen LogP) is 4.86. The zero-order valence-electron chi connectivity index (χ0n) is 13.7. The van der Waals surface area contributed by atoms with Crippen LogP contribution >= 0.6 is 23.2 Å². The van der Waals surface area contributed by atoms with Crippen LogP contribution in [0.15, 0.2) is 55.1 Å². The Bertz CT molecular complexity index is 1030. The van der Waals surface area contributed by atoms with Gasteiger partial charge in [0.2, 0.25) is 5.95 Å². The predicted molar refractivity (Wildman–Crippen MR) is 105 cm³/mol. The minimum Gasteiger partial charge on any atom is -0.350 e. The standard InChI is InChI=1S/C19H15Cl2N5/c20-15-3-1-12(2-4-15)7-24-19-25-8-13(9-26-19)5-14-10-22-18-17(14)6-16(21)11-23-18/h1-4,6,8-11H,5,7H2,(H,22,23)(H,24,25,26). The molecule has 1 aromatic carbocycles. The van der Waals surface area contributed by atoms with E-state index in [1.54, 1.807) is 6.20 Å². The molecule has 0 spiro atoms. The molecule has 2 N–H and O–H groups in total. The first kappa shape index (κ1) is 16.8. The quantitative estimate of drug-likeness (QED) is 0.516. The average Bonchev–Trinajstić information content (AvgIpc) is 3.04. The highest BCUT2D eigenvalue weighted by Gasteiger charge is 2.07. The van der Waals surface area contributed by atoms with E-state index in [0.717, 1.165) is 32.7 Å². The van der Waals surface area contributed by atoms with Gasteiger partial charge in [-0.15, -0.1) is 0 Å². The Labute approximate surface area is 160 Å².